The Kier molecular flexibility index (Phi) is 4.03. The number of hydrogen-bond donors (Lipinski definition) is 1. The van der Waals surface area contributed by atoms with Gasteiger partial charge in [-0.3, -0.25) is 4.79 Å². The average Bonchev–Trinajstić information content (AvgIpc) is 2.41. The minimum Gasteiger partial charge on any atom is -0.399 e. The van der Waals surface area contributed by atoms with E-state index in [9.17, 15) is 9.18 Å². The molecule has 20 heavy (non-hydrogen) atoms. The fourth-order valence-electron chi connectivity index (χ4n) is 2.11. The van der Waals surface area contributed by atoms with Crippen LogP contribution in [0.5, 0.6) is 0 Å². The summed E-state index contributed by atoms with van der Waals surface area (Å²) in [5.41, 5.74) is 8.21. The maximum atomic E-state index is 13.1. The number of amides is 1. The molecule has 0 aliphatic heterocycles. The summed E-state index contributed by atoms with van der Waals surface area (Å²) in [7, 11) is 0. The van der Waals surface area contributed by atoms with Gasteiger partial charge >= 0.3 is 0 Å². The zero-order valence-electron chi connectivity index (χ0n) is 11.6. The van der Waals surface area contributed by atoms with Crippen LogP contribution in [0.4, 0.5) is 15.8 Å². The summed E-state index contributed by atoms with van der Waals surface area (Å²) in [6.07, 6.45) is 0. The number of aryl methyl sites for hydroxylation is 1. The second-order valence-electron chi connectivity index (χ2n) is 4.60. The van der Waals surface area contributed by atoms with Gasteiger partial charge in [-0.1, -0.05) is 0 Å². The van der Waals surface area contributed by atoms with Crippen molar-refractivity contribution in [3.8, 4) is 0 Å². The first-order chi connectivity index (χ1) is 9.52. The van der Waals surface area contributed by atoms with E-state index in [0.29, 0.717) is 23.4 Å². The molecule has 0 aliphatic carbocycles. The van der Waals surface area contributed by atoms with E-state index in [2.05, 4.69) is 0 Å². The van der Waals surface area contributed by atoms with Gasteiger partial charge in [0.15, 0.2) is 0 Å². The summed E-state index contributed by atoms with van der Waals surface area (Å²) < 4.78 is 13.1. The van der Waals surface area contributed by atoms with Gasteiger partial charge in [0.2, 0.25) is 0 Å². The number of nitrogens with two attached hydrogens (primary N) is 1. The zero-order chi connectivity index (χ0) is 14.7. The molecular formula is C16H17FN2O. The lowest BCUT2D eigenvalue weighted by Gasteiger charge is -2.22. The number of benzene rings is 2. The Morgan fingerprint density at radius 2 is 1.85 bits per heavy atom. The molecule has 0 spiro atoms. The van der Waals surface area contributed by atoms with Crippen molar-refractivity contribution in [2.75, 3.05) is 17.2 Å². The predicted molar refractivity (Wildman–Crippen MR) is 79.3 cm³/mol. The van der Waals surface area contributed by atoms with Crippen LogP contribution in [0.25, 0.3) is 0 Å². The number of anilines is 2. The standard InChI is InChI=1S/C16H17FN2O/c1-3-19(14-7-5-13(18)6-8-14)16(20)15-9-4-12(17)10-11(15)2/h4-10H,3,18H2,1-2H3. The zero-order valence-corrected chi connectivity index (χ0v) is 11.6. The summed E-state index contributed by atoms with van der Waals surface area (Å²) >= 11 is 0. The summed E-state index contributed by atoms with van der Waals surface area (Å²) in [6.45, 7) is 4.15. The Bertz CT molecular complexity index is 623. The third-order valence-electron chi connectivity index (χ3n) is 3.19. The monoisotopic (exact) mass is 272 g/mol. The SMILES string of the molecule is CCN(C(=O)c1ccc(F)cc1C)c1ccc(N)cc1. The fraction of sp³-hybridized carbons (Fsp3) is 0.188. The molecule has 3 nitrogen and oxygen atoms in total. The number of carbonyl (C=O) groups is 1. The van der Waals surface area contributed by atoms with Crippen LogP contribution >= 0.6 is 0 Å². The van der Waals surface area contributed by atoms with Gasteiger partial charge in [-0.25, -0.2) is 4.39 Å². The van der Waals surface area contributed by atoms with Gasteiger partial charge < -0.3 is 10.6 Å². The number of nitrogen functional groups attached to an aromatic ring is 1. The fourth-order valence-corrected chi connectivity index (χ4v) is 2.11. The molecule has 0 saturated heterocycles. The minimum atomic E-state index is -0.338. The highest BCUT2D eigenvalue weighted by Crippen LogP contribution is 2.20. The van der Waals surface area contributed by atoms with E-state index in [1.54, 1.807) is 36.1 Å². The maximum Gasteiger partial charge on any atom is 0.258 e. The second-order valence-corrected chi connectivity index (χ2v) is 4.60. The Morgan fingerprint density at radius 3 is 2.40 bits per heavy atom. The van der Waals surface area contributed by atoms with Crippen molar-refractivity contribution < 1.29 is 9.18 Å². The van der Waals surface area contributed by atoms with Crippen molar-refractivity contribution >= 4 is 17.3 Å². The number of nitrogens with zero attached hydrogens (tertiary/aromatic N) is 1. The molecule has 0 saturated carbocycles. The number of hydrogen-bond acceptors (Lipinski definition) is 2. The highest BCUT2D eigenvalue weighted by molar-refractivity contribution is 6.07. The molecule has 1 amide bonds. The van der Waals surface area contributed by atoms with Crippen LogP contribution in [0, 0.1) is 12.7 Å². The van der Waals surface area contributed by atoms with Crippen molar-refractivity contribution in [3.05, 3.63) is 59.4 Å². The molecule has 0 unspecified atom stereocenters. The van der Waals surface area contributed by atoms with Gasteiger partial charge in [-0.15, -0.1) is 0 Å². The highest BCUT2D eigenvalue weighted by Gasteiger charge is 2.18. The van der Waals surface area contributed by atoms with Crippen LogP contribution in [-0.4, -0.2) is 12.5 Å². The number of carbonyl (C=O) groups excluding carboxylic acids is 1. The molecule has 0 aliphatic rings. The van der Waals surface area contributed by atoms with Crippen molar-refractivity contribution in [1.82, 2.24) is 0 Å². The van der Waals surface area contributed by atoms with Gasteiger partial charge in [0.25, 0.3) is 5.91 Å². The lowest BCUT2D eigenvalue weighted by Crippen LogP contribution is -2.31. The molecule has 0 aromatic heterocycles. The van der Waals surface area contributed by atoms with E-state index in [0.717, 1.165) is 5.69 Å². The lowest BCUT2D eigenvalue weighted by atomic mass is 10.1. The van der Waals surface area contributed by atoms with E-state index in [1.807, 2.05) is 6.92 Å². The molecule has 0 fully saturated rings. The van der Waals surface area contributed by atoms with E-state index in [-0.39, 0.29) is 11.7 Å². The first kappa shape index (κ1) is 14.1. The van der Waals surface area contributed by atoms with Crippen molar-refractivity contribution in [1.29, 1.82) is 0 Å². The summed E-state index contributed by atoms with van der Waals surface area (Å²) in [5, 5.41) is 0. The van der Waals surface area contributed by atoms with Crippen LogP contribution < -0.4 is 10.6 Å². The molecule has 0 heterocycles. The molecule has 2 N–H and O–H groups in total. The van der Waals surface area contributed by atoms with Crippen LogP contribution in [0.3, 0.4) is 0 Å². The lowest BCUT2D eigenvalue weighted by molar-refractivity contribution is 0.0987. The van der Waals surface area contributed by atoms with Crippen LogP contribution in [0.1, 0.15) is 22.8 Å². The van der Waals surface area contributed by atoms with Gasteiger partial charge in [-0.05, 0) is 61.9 Å². The summed E-state index contributed by atoms with van der Waals surface area (Å²) in [4.78, 5) is 14.2. The third kappa shape index (κ3) is 2.79. The first-order valence-electron chi connectivity index (χ1n) is 6.46. The van der Waals surface area contributed by atoms with Crippen LogP contribution in [-0.2, 0) is 0 Å². The number of rotatable bonds is 3. The summed E-state index contributed by atoms with van der Waals surface area (Å²) in [6, 6.07) is 11.3. The maximum absolute atomic E-state index is 13.1. The van der Waals surface area contributed by atoms with E-state index in [4.69, 9.17) is 5.73 Å². The van der Waals surface area contributed by atoms with Gasteiger partial charge in [0, 0.05) is 23.5 Å². The normalized spacial score (nSPS) is 10.3. The van der Waals surface area contributed by atoms with Crippen molar-refractivity contribution in [3.63, 3.8) is 0 Å². The smallest absolute Gasteiger partial charge is 0.258 e. The molecule has 2 aromatic carbocycles. The first-order valence-corrected chi connectivity index (χ1v) is 6.46. The molecule has 0 bridgehead atoms. The van der Waals surface area contributed by atoms with Crippen LogP contribution in [0.15, 0.2) is 42.5 Å². The molecular weight excluding hydrogens is 255 g/mol. The minimum absolute atomic E-state index is 0.144. The average molecular weight is 272 g/mol. The summed E-state index contributed by atoms with van der Waals surface area (Å²) in [5.74, 6) is -0.482. The van der Waals surface area contributed by atoms with Gasteiger partial charge in [0.1, 0.15) is 5.82 Å². The third-order valence-corrected chi connectivity index (χ3v) is 3.19. The van der Waals surface area contributed by atoms with Crippen molar-refractivity contribution in [2.45, 2.75) is 13.8 Å². The molecule has 4 heteroatoms. The quantitative estimate of drug-likeness (QED) is 0.871. The molecule has 2 rings (SSSR count). The van der Waals surface area contributed by atoms with E-state index in [1.165, 1.54) is 18.2 Å². The molecule has 0 atom stereocenters. The molecule has 2 aromatic rings. The van der Waals surface area contributed by atoms with Gasteiger partial charge in [0.05, 0.1) is 0 Å². The van der Waals surface area contributed by atoms with Crippen LogP contribution in [0.2, 0.25) is 0 Å². The molecule has 104 valence electrons. The van der Waals surface area contributed by atoms with E-state index >= 15 is 0 Å². The molecule has 0 radical (unpaired) electrons. The highest BCUT2D eigenvalue weighted by atomic mass is 19.1. The second kappa shape index (κ2) is 5.74. The Balaban J connectivity index is 2.36. The largest absolute Gasteiger partial charge is 0.399 e. The van der Waals surface area contributed by atoms with Crippen molar-refractivity contribution in [2.24, 2.45) is 0 Å². The predicted octanol–water partition coefficient (Wildman–Crippen LogP) is 3.38. The Hall–Kier alpha value is -2.36. The van der Waals surface area contributed by atoms with E-state index < -0.39 is 0 Å². The Morgan fingerprint density at radius 1 is 1.20 bits per heavy atom. The Labute approximate surface area is 117 Å². The topological polar surface area (TPSA) is 46.3 Å². The number of halogens is 1. The van der Waals surface area contributed by atoms with Gasteiger partial charge in [-0.2, -0.15) is 0 Å².